The Hall–Kier alpha value is -1.46. The van der Waals surface area contributed by atoms with Crippen LogP contribution in [0.2, 0.25) is 0 Å². The maximum atomic E-state index is 12.4. The van der Waals surface area contributed by atoms with Gasteiger partial charge in [0.25, 0.3) is 0 Å². The van der Waals surface area contributed by atoms with Crippen LogP contribution in [-0.2, 0) is 6.18 Å². The minimum Gasteiger partial charge on any atom is -0.296 e. The van der Waals surface area contributed by atoms with Crippen LogP contribution in [0.4, 0.5) is 17.6 Å². The maximum Gasteiger partial charge on any atom is 0.416 e. The zero-order valence-corrected chi connectivity index (χ0v) is 6.10. The van der Waals surface area contributed by atoms with Gasteiger partial charge in [0.2, 0.25) is 5.95 Å². The van der Waals surface area contributed by atoms with E-state index in [0.29, 0.717) is 6.07 Å². The molecule has 0 fully saturated rings. The molecule has 0 unspecified atom stereocenters. The van der Waals surface area contributed by atoms with Crippen molar-refractivity contribution >= 4 is 6.29 Å². The van der Waals surface area contributed by atoms with Gasteiger partial charge in [-0.15, -0.1) is 0 Å². The molecule has 1 rings (SSSR count). The molecule has 1 aromatic heterocycles. The van der Waals surface area contributed by atoms with Crippen molar-refractivity contribution in [1.29, 1.82) is 0 Å². The minimum absolute atomic E-state index is 0.0539. The second-order valence-corrected chi connectivity index (χ2v) is 2.22. The average Bonchev–Trinajstić information content (AvgIpc) is 2.01. The third-order valence-corrected chi connectivity index (χ3v) is 1.26. The first-order valence-corrected chi connectivity index (χ1v) is 3.13. The molecule has 1 aromatic rings. The minimum atomic E-state index is -4.67. The summed E-state index contributed by atoms with van der Waals surface area (Å²) in [5.41, 5.74) is -1.80. The Morgan fingerprint density at radius 1 is 1.31 bits per heavy atom. The molecule has 13 heavy (non-hydrogen) atoms. The van der Waals surface area contributed by atoms with Gasteiger partial charge in [0.15, 0.2) is 6.29 Å². The van der Waals surface area contributed by atoms with Crippen molar-refractivity contribution in [2.75, 3.05) is 0 Å². The van der Waals surface area contributed by atoms with E-state index < -0.39 is 23.4 Å². The molecule has 0 saturated carbocycles. The van der Waals surface area contributed by atoms with Crippen LogP contribution in [-0.4, -0.2) is 11.3 Å². The molecular formula is C7H3F4NO. The summed E-state index contributed by atoms with van der Waals surface area (Å²) in [5, 5.41) is 0. The second kappa shape index (κ2) is 3.12. The number of carbonyl (C=O) groups excluding carboxylic acids is 1. The molecule has 0 aliphatic carbocycles. The Balaban J connectivity index is 3.24. The fourth-order valence-corrected chi connectivity index (χ4v) is 0.741. The summed E-state index contributed by atoms with van der Waals surface area (Å²) >= 11 is 0. The van der Waals surface area contributed by atoms with Crippen LogP contribution in [0.15, 0.2) is 12.1 Å². The molecule has 0 N–H and O–H groups in total. The first-order valence-electron chi connectivity index (χ1n) is 3.13. The Bertz CT molecular complexity index is 334. The van der Waals surface area contributed by atoms with E-state index in [2.05, 4.69) is 4.98 Å². The number of carbonyl (C=O) groups is 1. The van der Waals surface area contributed by atoms with Crippen molar-refractivity contribution in [1.82, 2.24) is 4.98 Å². The number of aromatic nitrogens is 1. The molecule has 0 bridgehead atoms. The van der Waals surface area contributed by atoms with Gasteiger partial charge in [-0.3, -0.25) is 4.79 Å². The standard InChI is InChI=1S/C7H3F4NO/c8-6-2-4(7(9,10)11)1-5(3-13)12-6/h1-3H. The molecule has 0 spiro atoms. The lowest BCUT2D eigenvalue weighted by Crippen LogP contribution is -2.07. The summed E-state index contributed by atoms with van der Waals surface area (Å²) in [6.07, 6.45) is -4.61. The fraction of sp³-hybridized carbons (Fsp3) is 0.143. The van der Waals surface area contributed by atoms with Crippen LogP contribution in [0.5, 0.6) is 0 Å². The maximum absolute atomic E-state index is 12.4. The Labute approximate surface area is 70.2 Å². The molecule has 1 heterocycles. The average molecular weight is 193 g/mol. The highest BCUT2D eigenvalue weighted by atomic mass is 19.4. The van der Waals surface area contributed by atoms with Crippen LogP contribution in [0.3, 0.4) is 0 Å². The van der Waals surface area contributed by atoms with Crippen LogP contribution >= 0.6 is 0 Å². The molecule has 2 nitrogen and oxygen atoms in total. The summed E-state index contributed by atoms with van der Waals surface area (Å²) < 4.78 is 48.3. The number of halogens is 4. The number of nitrogens with zero attached hydrogens (tertiary/aromatic N) is 1. The van der Waals surface area contributed by atoms with Gasteiger partial charge in [-0.1, -0.05) is 0 Å². The highest BCUT2D eigenvalue weighted by Crippen LogP contribution is 2.29. The van der Waals surface area contributed by atoms with Crippen molar-refractivity contribution in [3.8, 4) is 0 Å². The molecule has 70 valence electrons. The fourth-order valence-electron chi connectivity index (χ4n) is 0.741. The van der Waals surface area contributed by atoms with Crippen molar-refractivity contribution in [3.05, 3.63) is 29.3 Å². The van der Waals surface area contributed by atoms with Gasteiger partial charge >= 0.3 is 6.18 Å². The number of hydrogen-bond donors (Lipinski definition) is 0. The molecule has 6 heteroatoms. The van der Waals surface area contributed by atoms with Gasteiger partial charge in [-0.25, -0.2) is 4.98 Å². The Morgan fingerprint density at radius 2 is 1.92 bits per heavy atom. The van der Waals surface area contributed by atoms with Crippen molar-refractivity contribution in [3.63, 3.8) is 0 Å². The SMILES string of the molecule is O=Cc1cc(C(F)(F)F)cc(F)n1. The van der Waals surface area contributed by atoms with Gasteiger partial charge in [0.1, 0.15) is 5.69 Å². The molecule has 0 aliphatic heterocycles. The first kappa shape index (κ1) is 9.63. The number of rotatable bonds is 1. The van der Waals surface area contributed by atoms with Crippen LogP contribution in [0.25, 0.3) is 0 Å². The van der Waals surface area contributed by atoms with E-state index in [1.165, 1.54) is 0 Å². The lowest BCUT2D eigenvalue weighted by Gasteiger charge is -2.05. The van der Waals surface area contributed by atoms with Gasteiger partial charge < -0.3 is 0 Å². The van der Waals surface area contributed by atoms with E-state index in [1.54, 1.807) is 0 Å². The van der Waals surface area contributed by atoms with E-state index >= 15 is 0 Å². The third kappa shape index (κ3) is 2.24. The predicted molar refractivity (Wildman–Crippen MR) is 34.6 cm³/mol. The molecular weight excluding hydrogens is 190 g/mol. The molecule has 0 radical (unpaired) electrons. The van der Waals surface area contributed by atoms with Crippen LogP contribution < -0.4 is 0 Å². The molecule has 0 atom stereocenters. The smallest absolute Gasteiger partial charge is 0.296 e. The van der Waals surface area contributed by atoms with E-state index in [4.69, 9.17) is 0 Å². The van der Waals surface area contributed by atoms with Gasteiger partial charge in [-0.2, -0.15) is 17.6 Å². The zero-order chi connectivity index (χ0) is 10.1. The number of pyridine rings is 1. The largest absolute Gasteiger partial charge is 0.416 e. The van der Waals surface area contributed by atoms with Crippen LogP contribution in [0.1, 0.15) is 16.1 Å². The number of aldehydes is 1. The summed E-state index contributed by atoms with van der Waals surface area (Å²) in [7, 11) is 0. The first-order chi connectivity index (χ1) is 5.93. The summed E-state index contributed by atoms with van der Waals surface area (Å²) in [6, 6.07) is 0.711. The summed E-state index contributed by atoms with van der Waals surface area (Å²) in [5.74, 6) is -1.32. The zero-order valence-electron chi connectivity index (χ0n) is 6.10. The van der Waals surface area contributed by atoms with E-state index in [0.717, 1.165) is 0 Å². The van der Waals surface area contributed by atoms with E-state index in [1.807, 2.05) is 0 Å². The monoisotopic (exact) mass is 193 g/mol. The van der Waals surface area contributed by atoms with Crippen molar-refractivity contribution < 1.29 is 22.4 Å². The lowest BCUT2D eigenvalue weighted by atomic mass is 10.2. The van der Waals surface area contributed by atoms with Gasteiger partial charge in [0.05, 0.1) is 5.56 Å². The lowest BCUT2D eigenvalue weighted by molar-refractivity contribution is -0.137. The van der Waals surface area contributed by atoms with E-state index in [9.17, 15) is 22.4 Å². The third-order valence-electron chi connectivity index (χ3n) is 1.26. The highest BCUT2D eigenvalue weighted by Gasteiger charge is 2.31. The second-order valence-electron chi connectivity index (χ2n) is 2.22. The predicted octanol–water partition coefficient (Wildman–Crippen LogP) is 2.05. The molecule has 0 aromatic carbocycles. The normalized spacial score (nSPS) is 11.4. The Morgan fingerprint density at radius 3 is 2.38 bits per heavy atom. The number of hydrogen-bond acceptors (Lipinski definition) is 2. The summed E-state index contributed by atoms with van der Waals surface area (Å²) in [6.45, 7) is 0. The quantitative estimate of drug-likeness (QED) is 0.388. The number of alkyl halides is 3. The molecule has 0 aliphatic rings. The highest BCUT2D eigenvalue weighted by molar-refractivity contribution is 5.71. The molecule has 0 saturated heterocycles. The molecule has 0 amide bonds. The van der Waals surface area contributed by atoms with Crippen molar-refractivity contribution in [2.24, 2.45) is 0 Å². The van der Waals surface area contributed by atoms with Gasteiger partial charge in [-0.05, 0) is 6.07 Å². The summed E-state index contributed by atoms with van der Waals surface area (Å²) in [4.78, 5) is 13.0. The van der Waals surface area contributed by atoms with Crippen LogP contribution in [0, 0.1) is 5.95 Å². The Kier molecular flexibility index (Phi) is 2.31. The van der Waals surface area contributed by atoms with Crippen molar-refractivity contribution in [2.45, 2.75) is 6.18 Å². The topological polar surface area (TPSA) is 30.0 Å². The van der Waals surface area contributed by atoms with E-state index in [-0.39, 0.29) is 12.4 Å². The van der Waals surface area contributed by atoms with Gasteiger partial charge in [0, 0.05) is 6.07 Å².